The van der Waals surface area contributed by atoms with Gasteiger partial charge in [-0.1, -0.05) is 6.92 Å². The number of aryl methyl sites for hydroxylation is 1. The number of rotatable bonds is 8. The molecule has 0 saturated carbocycles. The van der Waals surface area contributed by atoms with Gasteiger partial charge in [-0.2, -0.15) is 0 Å². The molecule has 21 heavy (non-hydrogen) atoms. The first-order valence-corrected chi connectivity index (χ1v) is 7.55. The molecule has 5 nitrogen and oxygen atoms in total. The molecule has 0 aromatic carbocycles. The fraction of sp³-hybridized carbons (Fsp3) is 0.500. The quantitative estimate of drug-likeness (QED) is 0.805. The summed E-state index contributed by atoms with van der Waals surface area (Å²) < 4.78 is 2.21. The molecular weight excluding hydrogens is 262 g/mol. The van der Waals surface area contributed by atoms with Crippen molar-refractivity contribution in [1.29, 1.82) is 0 Å². The lowest BCUT2D eigenvalue weighted by Gasteiger charge is -2.27. The standard InChI is InChI=1S/C16H25N5/c1-3-9-21-13-19-12-16(21)15(11-17)20(2)10-6-14-4-7-18-8-5-14/h4-5,7-8,12-13,15H,3,6,9-11,17H2,1-2H3. The van der Waals surface area contributed by atoms with Crippen molar-refractivity contribution in [2.75, 3.05) is 20.1 Å². The SMILES string of the molecule is CCCn1cncc1C(CN)N(C)CCc1ccncc1. The van der Waals surface area contributed by atoms with E-state index < -0.39 is 0 Å². The zero-order valence-electron chi connectivity index (χ0n) is 12.9. The molecule has 0 aliphatic heterocycles. The van der Waals surface area contributed by atoms with Crippen molar-refractivity contribution < 1.29 is 0 Å². The van der Waals surface area contributed by atoms with E-state index in [2.05, 4.69) is 45.5 Å². The van der Waals surface area contributed by atoms with E-state index >= 15 is 0 Å². The Hall–Kier alpha value is -1.72. The Morgan fingerprint density at radius 2 is 2.05 bits per heavy atom. The van der Waals surface area contributed by atoms with Gasteiger partial charge < -0.3 is 10.3 Å². The smallest absolute Gasteiger partial charge is 0.0948 e. The maximum absolute atomic E-state index is 6.01. The molecule has 0 aliphatic carbocycles. The third-order valence-electron chi connectivity index (χ3n) is 3.81. The Morgan fingerprint density at radius 3 is 2.71 bits per heavy atom. The van der Waals surface area contributed by atoms with Crippen LogP contribution in [0.3, 0.4) is 0 Å². The lowest BCUT2D eigenvalue weighted by molar-refractivity contribution is 0.243. The molecule has 1 unspecified atom stereocenters. The minimum Gasteiger partial charge on any atom is -0.333 e. The molecule has 2 N–H and O–H groups in total. The highest BCUT2D eigenvalue weighted by atomic mass is 15.2. The second-order valence-corrected chi connectivity index (χ2v) is 5.35. The Balaban J connectivity index is 2.01. The monoisotopic (exact) mass is 287 g/mol. The number of hydrogen-bond donors (Lipinski definition) is 1. The minimum absolute atomic E-state index is 0.209. The number of aromatic nitrogens is 3. The number of likely N-dealkylation sites (N-methyl/N-ethyl adjacent to an activating group) is 1. The molecular formula is C16H25N5. The summed E-state index contributed by atoms with van der Waals surface area (Å²) >= 11 is 0. The van der Waals surface area contributed by atoms with Crippen molar-refractivity contribution in [2.45, 2.75) is 32.4 Å². The Bertz CT molecular complexity index is 522. The first-order valence-electron chi connectivity index (χ1n) is 7.55. The summed E-state index contributed by atoms with van der Waals surface area (Å²) in [4.78, 5) is 10.6. The summed E-state index contributed by atoms with van der Waals surface area (Å²) in [7, 11) is 2.13. The molecule has 0 spiro atoms. The number of nitrogens with two attached hydrogens (primary N) is 1. The fourth-order valence-corrected chi connectivity index (χ4v) is 2.57. The van der Waals surface area contributed by atoms with Crippen molar-refractivity contribution in [3.63, 3.8) is 0 Å². The zero-order chi connectivity index (χ0) is 15.1. The summed E-state index contributed by atoms with van der Waals surface area (Å²) in [6.07, 6.45) is 9.62. The molecule has 2 aromatic rings. The van der Waals surface area contributed by atoms with E-state index in [1.807, 2.05) is 24.9 Å². The predicted molar refractivity (Wildman–Crippen MR) is 84.9 cm³/mol. The van der Waals surface area contributed by atoms with Crippen molar-refractivity contribution in [3.8, 4) is 0 Å². The van der Waals surface area contributed by atoms with Crippen LogP contribution in [0.4, 0.5) is 0 Å². The second-order valence-electron chi connectivity index (χ2n) is 5.35. The largest absolute Gasteiger partial charge is 0.333 e. The van der Waals surface area contributed by atoms with Gasteiger partial charge in [-0.25, -0.2) is 4.98 Å². The Kier molecular flexibility index (Phi) is 5.90. The molecule has 2 rings (SSSR count). The van der Waals surface area contributed by atoms with Gasteiger partial charge in [-0.15, -0.1) is 0 Å². The fourth-order valence-electron chi connectivity index (χ4n) is 2.57. The zero-order valence-corrected chi connectivity index (χ0v) is 12.9. The normalized spacial score (nSPS) is 12.8. The van der Waals surface area contributed by atoms with Crippen molar-refractivity contribution in [1.82, 2.24) is 19.4 Å². The molecule has 0 saturated heterocycles. The molecule has 0 amide bonds. The summed E-state index contributed by atoms with van der Waals surface area (Å²) in [5.41, 5.74) is 8.51. The Labute approximate surface area is 126 Å². The topological polar surface area (TPSA) is 60.0 Å². The average Bonchev–Trinajstić information content (AvgIpc) is 2.96. The van der Waals surface area contributed by atoms with E-state index in [9.17, 15) is 0 Å². The van der Waals surface area contributed by atoms with E-state index in [0.29, 0.717) is 6.54 Å². The molecule has 0 radical (unpaired) electrons. The number of nitrogens with zero attached hydrogens (tertiary/aromatic N) is 4. The van der Waals surface area contributed by atoms with E-state index in [4.69, 9.17) is 5.73 Å². The molecule has 2 aromatic heterocycles. The lowest BCUT2D eigenvalue weighted by Crippen LogP contribution is -2.33. The van der Waals surface area contributed by atoms with Crippen LogP contribution in [0.15, 0.2) is 37.1 Å². The van der Waals surface area contributed by atoms with Gasteiger partial charge in [0.25, 0.3) is 0 Å². The van der Waals surface area contributed by atoms with E-state index in [0.717, 1.165) is 25.9 Å². The number of hydrogen-bond acceptors (Lipinski definition) is 4. The third kappa shape index (κ3) is 4.12. The van der Waals surface area contributed by atoms with Crippen molar-refractivity contribution in [2.24, 2.45) is 5.73 Å². The van der Waals surface area contributed by atoms with Crippen molar-refractivity contribution >= 4 is 0 Å². The van der Waals surface area contributed by atoms with Crippen LogP contribution in [0.1, 0.15) is 30.6 Å². The van der Waals surface area contributed by atoms with E-state index in [-0.39, 0.29) is 6.04 Å². The van der Waals surface area contributed by atoms with Gasteiger partial charge in [0.15, 0.2) is 0 Å². The van der Waals surface area contributed by atoms with Crippen molar-refractivity contribution in [3.05, 3.63) is 48.3 Å². The molecule has 0 bridgehead atoms. The van der Waals surface area contributed by atoms with Crippen LogP contribution in [-0.4, -0.2) is 39.6 Å². The maximum atomic E-state index is 6.01. The molecule has 5 heteroatoms. The van der Waals surface area contributed by atoms with E-state index in [1.165, 1.54) is 11.3 Å². The highest BCUT2D eigenvalue weighted by Crippen LogP contribution is 2.18. The van der Waals surface area contributed by atoms with Gasteiger partial charge in [-0.05, 0) is 37.6 Å². The predicted octanol–water partition coefficient (Wildman–Crippen LogP) is 1.86. The highest BCUT2D eigenvalue weighted by Gasteiger charge is 2.18. The van der Waals surface area contributed by atoms with Gasteiger partial charge >= 0.3 is 0 Å². The second kappa shape index (κ2) is 7.90. The number of imidazole rings is 1. The van der Waals surface area contributed by atoms with Gasteiger partial charge in [0.05, 0.1) is 18.1 Å². The van der Waals surface area contributed by atoms with Crippen LogP contribution < -0.4 is 5.73 Å². The molecule has 2 heterocycles. The molecule has 0 fully saturated rings. The van der Waals surface area contributed by atoms with Crippen LogP contribution in [0.25, 0.3) is 0 Å². The first-order chi connectivity index (χ1) is 10.3. The van der Waals surface area contributed by atoms with Gasteiger partial charge in [-0.3, -0.25) is 9.88 Å². The summed E-state index contributed by atoms with van der Waals surface area (Å²) in [6.45, 7) is 4.73. The number of pyridine rings is 1. The van der Waals surface area contributed by atoms with Crippen LogP contribution >= 0.6 is 0 Å². The molecule has 0 aliphatic rings. The average molecular weight is 287 g/mol. The summed E-state index contributed by atoms with van der Waals surface area (Å²) in [5.74, 6) is 0. The third-order valence-corrected chi connectivity index (χ3v) is 3.81. The first kappa shape index (κ1) is 15.7. The van der Waals surface area contributed by atoms with Gasteiger partial charge in [0.1, 0.15) is 0 Å². The summed E-state index contributed by atoms with van der Waals surface area (Å²) in [6, 6.07) is 4.33. The summed E-state index contributed by atoms with van der Waals surface area (Å²) in [5, 5.41) is 0. The van der Waals surface area contributed by atoms with Crippen LogP contribution in [0.2, 0.25) is 0 Å². The minimum atomic E-state index is 0.209. The molecule has 1 atom stereocenters. The van der Waals surface area contributed by atoms with Gasteiger partial charge in [0, 0.05) is 38.2 Å². The van der Waals surface area contributed by atoms with Crippen LogP contribution in [0.5, 0.6) is 0 Å². The van der Waals surface area contributed by atoms with Crippen LogP contribution in [0, 0.1) is 0 Å². The van der Waals surface area contributed by atoms with Crippen LogP contribution in [-0.2, 0) is 13.0 Å². The van der Waals surface area contributed by atoms with E-state index in [1.54, 1.807) is 0 Å². The lowest BCUT2D eigenvalue weighted by atomic mass is 10.1. The molecule has 114 valence electrons. The highest BCUT2D eigenvalue weighted by molar-refractivity contribution is 5.11. The maximum Gasteiger partial charge on any atom is 0.0948 e. The van der Waals surface area contributed by atoms with Gasteiger partial charge in [0.2, 0.25) is 0 Å². The Morgan fingerprint density at radius 1 is 1.29 bits per heavy atom.